The summed E-state index contributed by atoms with van der Waals surface area (Å²) in [6, 6.07) is 8.20. The summed E-state index contributed by atoms with van der Waals surface area (Å²) in [6.07, 6.45) is 0.663. The van der Waals surface area contributed by atoms with Gasteiger partial charge in [-0.25, -0.2) is 4.79 Å². The first-order valence-electron chi connectivity index (χ1n) is 7.80. The van der Waals surface area contributed by atoms with Crippen molar-refractivity contribution in [2.75, 3.05) is 18.5 Å². The lowest BCUT2D eigenvalue weighted by Gasteiger charge is -2.23. The van der Waals surface area contributed by atoms with E-state index in [2.05, 4.69) is 29.8 Å². The number of urea groups is 1. The molecule has 124 valence electrons. The summed E-state index contributed by atoms with van der Waals surface area (Å²) >= 11 is 0. The Labute approximate surface area is 133 Å². The molecule has 0 aliphatic heterocycles. The van der Waals surface area contributed by atoms with Gasteiger partial charge < -0.3 is 21.1 Å². The van der Waals surface area contributed by atoms with Gasteiger partial charge in [-0.2, -0.15) is 0 Å². The molecule has 0 spiro atoms. The first-order chi connectivity index (χ1) is 10.3. The lowest BCUT2D eigenvalue weighted by Crippen LogP contribution is -2.40. The van der Waals surface area contributed by atoms with Gasteiger partial charge in [0.15, 0.2) is 0 Å². The number of aliphatic hydroxyl groups is 1. The number of benzene rings is 1. The minimum atomic E-state index is -0.187. The zero-order valence-corrected chi connectivity index (χ0v) is 14.1. The summed E-state index contributed by atoms with van der Waals surface area (Å²) in [4.78, 5) is 11.8. The molecule has 2 amide bonds. The SMILES string of the molecule is CC(C)Nc1cccc(CNC(=O)NCC(C)(C)CCO)c1. The molecule has 0 radical (unpaired) electrons. The third-order valence-corrected chi connectivity index (χ3v) is 3.35. The summed E-state index contributed by atoms with van der Waals surface area (Å²) < 4.78 is 0. The molecule has 1 aromatic carbocycles. The maximum Gasteiger partial charge on any atom is 0.315 e. The molecule has 0 fully saturated rings. The van der Waals surface area contributed by atoms with E-state index >= 15 is 0 Å². The Balaban J connectivity index is 2.41. The highest BCUT2D eigenvalue weighted by Gasteiger charge is 2.17. The van der Waals surface area contributed by atoms with E-state index in [9.17, 15) is 4.79 Å². The summed E-state index contributed by atoms with van der Waals surface area (Å²) in [7, 11) is 0. The van der Waals surface area contributed by atoms with Crippen molar-refractivity contribution in [3.8, 4) is 0 Å². The molecule has 5 heteroatoms. The molecular weight excluding hydrogens is 278 g/mol. The summed E-state index contributed by atoms with van der Waals surface area (Å²) in [6.45, 7) is 9.37. The molecule has 0 atom stereocenters. The highest BCUT2D eigenvalue weighted by molar-refractivity contribution is 5.73. The predicted octanol–water partition coefficient (Wildman–Crippen LogP) is 2.71. The van der Waals surface area contributed by atoms with E-state index in [1.807, 2.05) is 38.1 Å². The fourth-order valence-electron chi connectivity index (χ4n) is 2.06. The first kappa shape index (κ1) is 18.3. The van der Waals surface area contributed by atoms with Crippen LogP contribution in [0.4, 0.5) is 10.5 Å². The van der Waals surface area contributed by atoms with E-state index < -0.39 is 0 Å². The molecule has 1 rings (SSSR count). The molecule has 0 aromatic heterocycles. The molecule has 0 aliphatic carbocycles. The third-order valence-electron chi connectivity index (χ3n) is 3.35. The van der Waals surface area contributed by atoms with E-state index in [4.69, 9.17) is 5.11 Å². The van der Waals surface area contributed by atoms with E-state index in [-0.39, 0.29) is 18.1 Å². The standard InChI is InChI=1S/C17H29N3O2/c1-13(2)20-15-7-5-6-14(10-15)11-18-16(22)19-12-17(3,4)8-9-21/h5-7,10,13,20-21H,8-9,11-12H2,1-4H3,(H2,18,19,22). The summed E-state index contributed by atoms with van der Waals surface area (Å²) in [5, 5.41) is 18.0. The zero-order chi connectivity index (χ0) is 16.6. The van der Waals surface area contributed by atoms with E-state index in [1.54, 1.807) is 0 Å². The number of amides is 2. The molecule has 5 nitrogen and oxygen atoms in total. The van der Waals surface area contributed by atoms with Crippen molar-refractivity contribution in [3.63, 3.8) is 0 Å². The Bertz CT molecular complexity index is 473. The third kappa shape index (κ3) is 7.31. The summed E-state index contributed by atoms with van der Waals surface area (Å²) in [5.41, 5.74) is 2.00. The van der Waals surface area contributed by atoms with Crippen LogP contribution in [0.2, 0.25) is 0 Å². The molecule has 0 saturated heterocycles. The van der Waals surface area contributed by atoms with E-state index in [0.29, 0.717) is 25.6 Å². The number of anilines is 1. The van der Waals surface area contributed by atoms with Crippen molar-refractivity contribution in [1.29, 1.82) is 0 Å². The van der Waals surface area contributed by atoms with Crippen LogP contribution >= 0.6 is 0 Å². The fraction of sp³-hybridized carbons (Fsp3) is 0.588. The number of nitrogens with one attached hydrogen (secondary N) is 3. The smallest absolute Gasteiger partial charge is 0.315 e. The van der Waals surface area contributed by atoms with Crippen LogP contribution in [0.1, 0.15) is 39.7 Å². The lowest BCUT2D eigenvalue weighted by molar-refractivity contribution is 0.201. The van der Waals surface area contributed by atoms with E-state index in [0.717, 1.165) is 11.3 Å². The van der Waals surface area contributed by atoms with Gasteiger partial charge in [0.2, 0.25) is 0 Å². The Kier molecular flexibility index (Phi) is 7.18. The second-order valence-corrected chi connectivity index (χ2v) is 6.67. The van der Waals surface area contributed by atoms with Crippen LogP contribution in [-0.2, 0) is 6.54 Å². The first-order valence-corrected chi connectivity index (χ1v) is 7.80. The number of carbonyl (C=O) groups excluding carboxylic acids is 1. The normalized spacial score (nSPS) is 11.4. The van der Waals surface area contributed by atoms with Crippen molar-refractivity contribution in [2.45, 2.75) is 46.7 Å². The quantitative estimate of drug-likeness (QED) is 0.596. The largest absolute Gasteiger partial charge is 0.396 e. The molecule has 4 N–H and O–H groups in total. The molecule has 0 bridgehead atoms. The van der Waals surface area contributed by atoms with Crippen LogP contribution in [-0.4, -0.2) is 30.3 Å². The monoisotopic (exact) mass is 307 g/mol. The highest BCUT2D eigenvalue weighted by Crippen LogP contribution is 2.17. The van der Waals surface area contributed by atoms with Gasteiger partial charge in [0, 0.05) is 31.4 Å². The number of carbonyl (C=O) groups is 1. The van der Waals surface area contributed by atoms with Crippen molar-refractivity contribution in [1.82, 2.24) is 10.6 Å². The fourth-order valence-corrected chi connectivity index (χ4v) is 2.06. The van der Waals surface area contributed by atoms with E-state index in [1.165, 1.54) is 0 Å². The highest BCUT2D eigenvalue weighted by atomic mass is 16.3. The average Bonchev–Trinajstić information content (AvgIpc) is 2.43. The maximum absolute atomic E-state index is 11.8. The Morgan fingerprint density at radius 2 is 2.00 bits per heavy atom. The van der Waals surface area contributed by atoms with Crippen LogP contribution < -0.4 is 16.0 Å². The number of aliphatic hydroxyl groups excluding tert-OH is 1. The van der Waals surface area contributed by atoms with Crippen molar-refractivity contribution in [2.24, 2.45) is 5.41 Å². The summed E-state index contributed by atoms with van der Waals surface area (Å²) in [5.74, 6) is 0. The molecule has 0 aliphatic rings. The average molecular weight is 307 g/mol. The number of hydrogen-bond acceptors (Lipinski definition) is 3. The van der Waals surface area contributed by atoms with Crippen LogP contribution in [0.3, 0.4) is 0 Å². The van der Waals surface area contributed by atoms with Crippen molar-refractivity contribution >= 4 is 11.7 Å². The predicted molar refractivity (Wildman–Crippen MR) is 90.9 cm³/mol. The van der Waals surface area contributed by atoms with Crippen molar-refractivity contribution < 1.29 is 9.90 Å². The van der Waals surface area contributed by atoms with Gasteiger partial charge in [-0.3, -0.25) is 0 Å². The molecule has 22 heavy (non-hydrogen) atoms. The van der Waals surface area contributed by atoms with Crippen LogP contribution in [0.5, 0.6) is 0 Å². The van der Waals surface area contributed by atoms with Crippen LogP contribution in [0.15, 0.2) is 24.3 Å². The molecule has 0 heterocycles. The Morgan fingerprint density at radius 1 is 1.27 bits per heavy atom. The van der Waals surface area contributed by atoms with Gasteiger partial charge in [-0.15, -0.1) is 0 Å². The minimum absolute atomic E-state index is 0.104. The van der Waals surface area contributed by atoms with Crippen LogP contribution in [0, 0.1) is 5.41 Å². The molecule has 0 saturated carbocycles. The molecule has 1 aromatic rings. The number of hydrogen-bond donors (Lipinski definition) is 4. The van der Waals surface area contributed by atoms with Gasteiger partial charge >= 0.3 is 6.03 Å². The van der Waals surface area contributed by atoms with Crippen molar-refractivity contribution in [3.05, 3.63) is 29.8 Å². The minimum Gasteiger partial charge on any atom is -0.396 e. The topological polar surface area (TPSA) is 73.4 Å². The second kappa shape index (κ2) is 8.63. The Hall–Kier alpha value is -1.75. The second-order valence-electron chi connectivity index (χ2n) is 6.67. The maximum atomic E-state index is 11.8. The number of rotatable bonds is 8. The van der Waals surface area contributed by atoms with Gasteiger partial charge in [0.25, 0.3) is 0 Å². The zero-order valence-electron chi connectivity index (χ0n) is 14.1. The molecular formula is C17H29N3O2. The van der Waals surface area contributed by atoms with Crippen LogP contribution in [0.25, 0.3) is 0 Å². The Morgan fingerprint density at radius 3 is 2.64 bits per heavy atom. The molecule has 0 unspecified atom stereocenters. The van der Waals surface area contributed by atoms with Gasteiger partial charge in [-0.05, 0) is 43.4 Å². The van der Waals surface area contributed by atoms with Gasteiger partial charge in [-0.1, -0.05) is 26.0 Å². The van der Waals surface area contributed by atoms with Gasteiger partial charge in [0.05, 0.1) is 0 Å². The van der Waals surface area contributed by atoms with Gasteiger partial charge in [0.1, 0.15) is 0 Å². The lowest BCUT2D eigenvalue weighted by atomic mass is 9.90.